The van der Waals surface area contributed by atoms with Crippen LogP contribution in [0.3, 0.4) is 0 Å². The average molecular weight is 1090 g/mol. The molecular weight excluding hydrogens is 1050 g/mol. The summed E-state index contributed by atoms with van der Waals surface area (Å²) >= 11 is 0. The van der Waals surface area contributed by atoms with E-state index in [2.05, 4.69) is 46.0 Å². The first-order valence-corrected chi connectivity index (χ1v) is 26.0. The lowest BCUT2D eigenvalue weighted by Gasteiger charge is -2.21. The lowest BCUT2D eigenvalue weighted by molar-refractivity contribution is 0.280. The minimum Gasteiger partial charge on any atom is -0.505 e. The third kappa shape index (κ3) is 11.9. The van der Waals surface area contributed by atoms with Crippen LogP contribution in [0.5, 0.6) is 23.0 Å². The summed E-state index contributed by atoms with van der Waals surface area (Å²) in [6, 6.07) is 16.4. The number of aliphatic hydroxyl groups is 2. The van der Waals surface area contributed by atoms with E-state index in [0.717, 1.165) is 36.4 Å². The number of rotatable bonds is 19. The van der Waals surface area contributed by atoms with Crippen LogP contribution in [0.4, 0.5) is 52.0 Å². The normalized spacial score (nSPS) is 12.5. The highest BCUT2D eigenvalue weighted by atomic mass is 32.2. The topological polar surface area (TPSA) is 432 Å². The zero-order valence-electron chi connectivity index (χ0n) is 37.3. The zero-order chi connectivity index (χ0) is 53.2. The molecule has 73 heavy (non-hydrogen) atoms. The van der Waals surface area contributed by atoms with Gasteiger partial charge in [-0.3, -0.25) is 18.2 Å². The molecule has 6 aromatic carbocycles. The summed E-state index contributed by atoms with van der Waals surface area (Å²) in [5.74, 6) is -2.25. The van der Waals surface area contributed by atoms with E-state index < -0.39 is 108 Å². The van der Waals surface area contributed by atoms with Crippen molar-refractivity contribution in [1.82, 2.24) is 15.0 Å². The van der Waals surface area contributed by atoms with Gasteiger partial charge in [-0.2, -0.15) is 48.6 Å². The predicted octanol–water partition coefficient (Wildman–Crippen LogP) is 5.70. The van der Waals surface area contributed by atoms with E-state index >= 15 is 0 Å². The van der Waals surface area contributed by atoms with Crippen molar-refractivity contribution in [3.63, 3.8) is 0 Å². The summed E-state index contributed by atoms with van der Waals surface area (Å²) in [6.07, 6.45) is 0. The zero-order valence-corrected chi connectivity index (χ0v) is 40.5. The second kappa shape index (κ2) is 20.7. The minimum atomic E-state index is -5.19. The van der Waals surface area contributed by atoms with Gasteiger partial charge >= 0.3 is 0 Å². The fourth-order valence-electron chi connectivity index (χ4n) is 6.89. The Morgan fingerprint density at radius 2 is 0.945 bits per heavy atom. The van der Waals surface area contributed by atoms with Crippen molar-refractivity contribution in [2.75, 3.05) is 56.1 Å². The average Bonchev–Trinajstić information content (AvgIpc) is 3.32. The summed E-state index contributed by atoms with van der Waals surface area (Å²) in [5.41, 5.74) is -2.39. The number of ether oxygens (including phenoxy) is 2. The molecule has 28 nitrogen and oxygen atoms in total. The van der Waals surface area contributed by atoms with Gasteiger partial charge in [-0.15, -0.1) is 20.5 Å². The quantitative estimate of drug-likeness (QED) is 0.0343. The Bertz CT molecular complexity index is 3860. The molecule has 0 saturated carbocycles. The maximum Gasteiger partial charge on any atom is 0.296 e. The maximum absolute atomic E-state index is 12.7. The van der Waals surface area contributed by atoms with Gasteiger partial charge in [0.2, 0.25) is 17.8 Å². The smallest absolute Gasteiger partial charge is 0.296 e. The molecule has 0 aliphatic rings. The monoisotopic (exact) mass is 1090 g/mol. The highest BCUT2D eigenvalue weighted by molar-refractivity contribution is 7.86. The molecule has 1 aromatic heterocycles. The Balaban J connectivity index is 1.28. The second-order valence-corrected chi connectivity index (χ2v) is 20.5. The van der Waals surface area contributed by atoms with Gasteiger partial charge in [0.1, 0.15) is 53.8 Å². The number of methoxy groups -OCH3 is 2. The Labute approximate surface area is 413 Å². The molecule has 0 amide bonds. The van der Waals surface area contributed by atoms with Gasteiger partial charge in [0.15, 0.2) is 11.5 Å². The van der Waals surface area contributed by atoms with Crippen LogP contribution in [0.15, 0.2) is 125 Å². The largest absolute Gasteiger partial charge is 0.505 e. The van der Waals surface area contributed by atoms with Crippen LogP contribution < -0.4 is 25.0 Å². The van der Waals surface area contributed by atoms with Crippen molar-refractivity contribution in [1.29, 1.82) is 0 Å². The number of phenols is 2. The van der Waals surface area contributed by atoms with Crippen LogP contribution in [0.25, 0.3) is 21.5 Å². The molecule has 10 N–H and O–H groups in total. The lowest BCUT2D eigenvalue weighted by atomic mass is 10.1. The van der Waals surface area contributed by atoms with E-state index in [4.69, 9.17) is 9.47 Å². The molecule has 0 bridgehead atoms. The van der Waals surface area contributed by atoms with Gasteiger partial charge in [-0.05, 0) is 77.5 Å². The van der Waals surface area contributed by atoms with Crippen molar-refractivity contribution in [2.24, 2.45) is 20.5 Å². The molecule has 0 aliphatic heterocycles. The number of phenolic OH excluding ortho intramolecular Hbond substituents is 2. The van der Waals surface area contributed by atoms with E-state index in [0.29, 0.717) is 0 Å². The van der Waals surface area contributed by atoms with Crippen LogP contribution in [-0.2, 0) is 40.5 Å². The van der Waals surface area contributed by atoms with E-state index in [1.165, 1.54) is 67.7 Å². The standard InChI is InChI=1S/C41H38N10O18S4/c1-68-25-6-9-29(31(19-25)70(56,57)58)47-49-35-34(73(65,66)67)17-22-15-23(5-8-27(22)37(35)54)42-39-44-40(46-41(45-39)51(11-13-52)12-14-53)43-24-4-3-21-16-33(72(62,63)64)36(38(55)28(21)18-24)50-48-30-10-7-26(69-2)20-32(30)71(59,60)61/h3-10,15-20,52-55H,11-14H2,1-2H3,(H,56,57,58)(H,59,60,61)(H,62,63,64)(H,65,66,67)(H2,42,43,44,45,46). The van der Waals surface area contributed by atoms with Crippen LogP contribution >= 0.6 is 0 Å². The molecule has 0 saturated heterocycles. The molecule has 0 fully saturated rings. The number of nitrogens with one attached hydrogen (secondary N) is 2. The van der Waals surface area contributed by atoms with Crippen LogP contribution in [-0.4, -0.2) is 128 Å². The van der Waals surface area contributed by atoms with Gasteiger partial charge in [-0.25, -0.2) is 0 Å². The number of benzene rings is 6. The summed E-state index contributed by atoms with van der Waals surface area (Å²) in [6.45, 7) is -1.02. The minimum absolute atomic E-state index is 0.000113. The lowest BCUT2D eigenvalue weighted by Crippen LogP contribution is -2.31. The first-order chi connectivity index (χ1) is 34.3. The number of nitrogens with zero attached hydrogens (tertiary/aromatic N) is 8. The van der Waals surface area contributed by atoms with Crippen molar-refractivity contribution in [2.45, 2.75) is 19.6 Å². The summed E-state index contributed by atoms with van der Waals surface area (Å²) < 4.78 is 149. The van der Waals surface area contributed by atoms with Crippen LogP contribution in [0.1, 0.15) is 0 Å². The Morgan fingerprint density at radius 1 is 0.507 bits per heavy atom. The summed E-state index contributed by atoms with van der Waals surface area (Å²) in [7, 11) is -17.7. The van der Waals surface area contributed by atoms with Crippen molar-refractivity contribution in [3.05, 3.63) is 84.9 Å². The molecule has 0 atom stereocenters. The fourth-order valence-corrected chi connectivity index (χ4v) is 9.49. The Morgan fingerprint density at radius 3 is 1.40 bits per heavy atom. The molecule has 0 aliphatic carbocycles. The molecule has 384 valence electrons. The van der Waals surface area contributed by atoms with Crippen LogP contribution in [0.2, 0.25) is 0 Å². The van der Waals surface area contributed by atoms with E-state index in [9.17, 15) is 72.3 Å². The Hall–Kier alpha value is -7.79. The van der Waals surface area contributed by atoms with E-state index in [1.807, 2.05) is 0 Å². The number of hydrogen-bond donors (Lipinski definition) is 10. The number of anilines is 5. The Kier molecular flexibility index (Phi) is 15.1. The first-order valence-electron chi connectivity index (χ1n) is 20.3. The molecule has 7 aromatic rings. The predicted molar refractivity (Wildman–Crippen MR) is 258 cm³/mol. The second-order valence-electron chi connectivity index (χ2n) is 15.0. The SMILES string of the molecule is COc1ccc(N=Nc2c(S(=O)(=O)O)cc3cc(Nc4nc(Nc5ccc6cc(S(=O)(=O)O)c(N=Nc7ccc(OC)cc7S(=O)(=O)O)c(O)c6c5)nc(N(CCO)CCO)n4)ccc3c2O)c(S(=O)(=O)O)c1. The number of aromatic hydroxyl groups is 2. The maximum atomic E-state index is 12.7. The molecule has 7 rings (SSSR count). The molecule has 1 heterocycles. The molecule has 32 heteroatoms. The van der Waals surface area contributed by atoms with Gasteiger partial charge in [0, 0.05) is 47.4 Å². The van der Waals surface area contributed by atoms with E-state index in [1.54, 1.807) is 0 Å². The molecule has 0 spiro atoms. The van der Waals surface area contributed by atoms with Gasteiger partial charge in [0.05, 0.1) is 27.4 Å². The fraction of sp³-hybridized carbons (Fsp3) is 0.146. The van der Waals surface area contributed by atoms with Gasteiger partial charge in [0.25, 0.3) is 40.5 Å². The molecule has 0 unspecified atom stereocenters. The van der Waals surface area contributed by atoms with Crippen molar-refractivity contribution >= 4 is 114 Å². The number of azo groups is 2. The highest BCUT2D eigenvalue weighted by Gasteiger charge is 2.26. The van der Waals surface area contributed by atoms with Crippen molar-refractivity contribution < 1.29 is 81.8 Å². The van der Waals surface area contributed by atoms with Crippen LogP contribution in [0, 0.1) is 0 Å². The highest BCUT2D eigenvalue weighted by Crippen LogP contribution is 2.45. The first kappa shape index (κ1) is 53.0. The molecule has 0 radical (unpaired) electrons. The van der Waals surface area contributed by atoms with Gasteiger partial charge in [-0.1, -0.05) is 6.07 Å². The molecular formula is C41H38N10O18S4. The summed E-state index contributed by atoms with van der Waals surface area (Å²) in [4.78, 5) is 11.1. The third-order valence-electron chi connectivity index (χ3n) is 10.2. The third-order valence-corrected chi connectivity index (χ3v) is 13.7. The summed E-state index contributed by atoms with van der Waals surface area (Å²) in [5, 5.41) is 63.0. The number of aromatic nitrogens is 3. The number of aliphatic hydroxyl groups excluding tert-OH is 2. The number of fused-ring (bicyclic) bond motifs is 2. The van der Waals surface area contributed by atoms with Gasteiger partial charge < -0.3 is 45.4 Å². The number of hydrogen-bond acceptors (Lipinski definition) is 24. The van der Waals surface area contributed by atoms with E-state index in [-0.39, 0.29) is 75.4 Å². The van der Waals surface area contributed by atoms with Crippen molar-refractivity contribution in [3.8, 4) is 23.0 Å².